The first-order valence-corrected chi connectivity index (χ1v) is 8.28. The highest BCUT2D eigenvalue weighted by Crippen LogP contribution is 3.02. The lowest BCUT2D eigenvalue weighted by molar-refractivity contribution is 0.364. The topological polar surface area (TPSA) is 50.4 Å². The first-order chi connectivity index (χ1) is 9.42. The zero-order valence-electron chi connectivity index (χ0n) is 11.5. The quantitative estimate of drug-likeness (QED) is 0.323. The van der Waals surface area contributed by atoms with Gasteiger partial charge in [-0.25, -0.2) is 0 Å². The van der Waals surface area contributed by atoms with Gasteiger partial charge in [-0.15, -0.1) is 0 Å². The van der Waals surface area contributed by atoms with E-state index in [0.29, 0.717) is 18.7 Å². The van der Waals surface area contributed by atoms with Gasteiger partial charge in [-0.05, 0) is 30.7 Å². The largest absolute Gasteiger partial charge is 0.370 e. The van der Waals surface area contributed by atoms with Crippen LogP contribution < -0.4 is 11.1 Å². The molecule has 0 amide bonds. The summed E-state index contributed by atoms with van der Waals surface area (Å²) in [7, 11) is -9.62. The van der Waals surface area contributed by atoms with Crippen molar-refractivity contribution >= 4 is 21.9 Å². The second kappa shape index (κ2) is 5.36. The van der Waals surface area contributed by atoms with Crippen LogP contribution in [0.3, 0.4) is 0 Å². The predicted octanol–water partition coefficient (Wildman–Crippen LogP) is 5.26. The lowest BCUT2D eigenvalue weighted by atomic mass is 10.2. The Hall–Kier alpha value is -1.51. The molecule has 0 saturated carbocycles. The van der Waals surface area contributed by atoms with E-state index in [1.54, 1.807) is 0 Å². The van der Waals surface area contributed by atoms with Crippen LogP contribution in [0.4, 0.5) is 25.1 Å². The van der Waals surface area contributed by atoms with Crippen LogP contribution in [-0.4, -0.2) is 12.5 Å². The Morgan fingerprint density at radius 3 is 2.14 bits per heavy atom. The van der Waals surface area contributed by atoms with E-state index in [1.165, 1.54) is 0 Å². The van der Waals surface area contributed by atoms with Crippen molar-refractivity contribution in [2.75, 3.05) is 11.9 Å². The van der Waals surface area contributed by atoms with Crippen LogP contribution in [0.1, 0.15) is 26.2 Å². The number of halogens is 5. The van der Waals surface area contributed by atoms with Crippen molar-refractivity contribution < 1.29 is 19.4 Å². The van der Waals surface area contributed by atoms with E-state index < -0.39 is 15.1 Å². The Morgan fingerprint density at radius 2 is 1.67 bits per heavy atom. The number of anilines is 1. The SMILES string of the molecule is CCCCCN=C(N)Nc1ccc(S(F)(F)(F)(F)F)cc1. The van der Waals surface area contributed by atoms with Gasteiger partial charge >= 0.3 is 10.2 Å². The smallest absolute Gasteiger partial charge is 0.310 e. The van der Waals surface area contributed by atoms with Gasteiger partial charge < -0.3 is 11.1 Å². The minimum Gasteiger partial charge on any atom is -0.370 e. The van der Waals surface area contributed by atoms with E-state index in [1.807, 2.05) is 6.92 Å². The van der Waals surface area contributed by atoms with Crippen LogP contribution in [0.25, 0.3) is 0 Å². The van der Waals surface area contributed by atoms with E-state index in [0.717, 1.165) is 31.4 Å². The second-order valence-electron chi connectivity index (χ2n) is 4.59. The van der Waals surface area contributed by atoms with Gasteiger partial charge in [-0.3, -0.25) is 4.99 Å². The third kappa shape index (κ3) is 6.19. The Balaban J connectivity index is 2.72. The molecule has 122 valence electrons. The molecule has 0 unspecified atom stereocenters. The molecule has 0 aliphatic carbocycles. The third-order valence-corrected chi connectivity index (χ3v) is 3.78. The van der Waals surface area contributed by atoms with Crippen LogP contribution in [-0.2, 0) is 0 Å². The summed E-state index contributed by atoms with van der Waals surface area (Å²) in [5.74, 6) is 0.0335. The number of guanidine groups is 1. The lowest BCUT2D eigenvalue weighted by Crippen LogP contribution is -2.22. The predicted molar refractivity (Wildman–Crippen MR) is 77.5 cm³/mol. The summed E-state index contributed by atoms with van der Waals surface area (Å²) in [6.07, 6.45) is 2.87. The van der Waals surface area contributed by atoms with Crippen molar-refractivity contribution in [3.8, 4) is 0 Å². The van der Waals surface area contributed by atoms with Crippen molar-refractivity contribution in [1.82, 2.24) is 0 Å². The van der Waals surface area contributed by atoms with E-state index >= 15 is 0 Å². The van der Waals surface area contributed by atoms with Gasteiger partial charge in [0.15, 0.2) is 5.96 Å². The van der Waals surface area contributed by atoms with Crippen LogP contribution in [0, 0.1) is 0 Å². The van der Waals surface area contributed by atoms with Crippen LogP contribution >= 0.6 is 10.2 Å². The lowest BCUT2D eigenvalue weighted by Gasteiger charge is -2.40. The summed E-state index contributed by atoms with van der Waals surface area (Å²) in [5.41, 5.74) is 5.70. The zero-order valence-corrected chi connectivity index (χ0v) is 12.3. The molecule has 0 radical (unpaired) electrons. The highest BCUT2D eigenvalue weighted by molar-refractivity contribution is 8.45. The molecule has 0 bridgehead atoms. The van der Waals surface area contributed by atoms with E-state index in [4.69, 9.17) is 5.73 Å². The maximum atomic E-state index is 12.5. The first-order valence-electron chi connectivity index (χ1n) is 6.33. The average Bonchev–Trinajstić information content (AvgIpc) is 2.32. The fraction of sp³-hybridized carbons (Fsp3) is 0.417. The number of nitrogens with zero attached hydrogens (tertiary/aromatic N) is 1. The fourth-order valence-corrected chi connectivity index (χ4v) is 2.19. The molecule has 0 saturated heterocycles. The number of nitrogens with two attached hydrogens (primary N) is 1. The molecule has 1 rings (SSSR count). The molecular formula is C12H18F5N3S. The molecule has 0 atom stereocenters. The second-order valence-corrected chi connectivity index (χ2v) is 7.00. The molecule has 9 heteroatoms. The number of hydrogen-bond acceptors (Lipinski definition) is 1. The van der Waals surface area contributed by atoms with Gasteiger partial charge in [-0.1, -0.05) is 39.2 Å². The molecule has 0 fully saturated rings. The number of nitrogens with one attached hydrogen (secondary N) is 1. The Labute approximate surface area is 120 Å². The zero-order chi connectivity index (χ0) is 16.2. The van der Waals surface area contributed by atoms with Gasteiger partial charge in [0, 0.05) is 12.2 Å². The molecule has 1 aromatic carbocycles. The number of unbranched alkanes of at least 4 members (excludes halogenated alkanes) is 2. The fourth-order valence-electron chi connectivity index (χ4n) is 1.54. The number of hydrogen-bond donors (Lipinski definition) is 2. The molecule has 0 spiro atoms. The molecule has 3 N–H and O–H groups in total. The van der Waals surface area contributed by atoms with E-state index in [-0.39, 0.29) is 11.6 Å². The standard InChI is InChI=1S/C12H18F5N3S/c1-2-3-4-9-19-12(18)20-10-5-7-11(8-6-10)21(13,14,15,16)17/h5-8H,2-4,9H2,1H3,(H3,18,19,20). The summed E-state index contributed by atoms with van der Waals surface area (Å²) >= 11 is 0. The van der Waals surface area contributed by atoms with E-state index in [2.05, 4.69) is 10.3 Å². The summed E-state index contributed by atoms with van der Waals surface area (Å²) in [5, 5.41) is 2.55. The minimum atomic E-state index is -9.62. The first kappa shape index (κ1) is 17.5. The van der Waals surface area contributed by atoms with Crippen LogP contribution in [0.5, 0.6) is 0 Å². The van der Waals surface area contributed by atoms with Gasteiger partial charge in [0.05, 0.1) is 0 Å². The Bertz CT molecular complexity index is 509. The van der Waals surface area contributed by atoms with Crippen LogP contribution in [0.2, 0.25) is 0 Å². The summed E-state index contributed by atoms with van der Waals surface area (Å²) in [4.78, 5) is 2.04. The highest BCUT2D eigenvalue weighted by atomic mass is 32.5. The minimum absolute atomic E-state index is 0.0335. The molecule has 1 aromatic rings. The Morgan fingerprint density at radius 1 is 1.10 bits per heavy atom. The van der Waals surface area contributed by atoms with Crippen molar-refractivity contribution in [2.45, 2.75) is 31.1 Å². The average molecular weight is 331 g/mol. The molecule has 0 aromatic heterocycles. The van der Waals surface area contributed by atoms with E-state index in [9.17, 15) is 19.4 Å². The van der Waals surface area contributed by atoms with Gasteiger partial charge in [0.1, 0.15) is 4.90 Å². The summed E-state index contributed by atoms with van der Waals surface area (Å²) in [6.45, 7) is 2.53. The van der Waals surface area contributed by atoms with Crippen molar-refractivity contribution in [3.05, 3.63) is 24.3 Å². The molecule has 3 nitrogen and oxygen atoms in total. The van der Waals surface area contributed by atoms with Gasteiger partial charge in [0.25, 0.3) is 0 Å². The normalized spacial score (nSPS) is 16.2. The summed E-state index contributed by atoms with van der Waals surface area (Å²) < 4.78 is 62.6. The number of benzene rings is 1. The highest BCUT2D eigenvalue weighted by Gasteiger charge is 2.65. The van der Waals surface area contributed by atoms with Gasteiger partial charge in [-0.2, -0.15) is 0 Å². The van der Waals surface area contributed by atoms with Crippen molar-refractivity contribution in [1.29, 1.82) is 0 Å². The summed E-state index contributed by atoms with van der Waals surface area (Å²) in [6, 6.07) is 2.44. The van der Waals surface area contributed by atoms with Crippen molar-refractivity contribution in [3.63, 3.8) is 0 Å². The molecule has 0 aliphatic rings. The number of aliphatic imine (C=N–C) groups is 1. The maximum absolute atomic E-state index is 12.5. The number of rotatable bonds is 6. The van der Waals surface area contributed by atoms with Gasteiger partial charge in [0.2, 0.25) is 0 Å². The molecule has 0 heterocycles. The molecule has 21 heavy (non-hydrogen) atoms. The monoisotopic (exact) mass is 331 g/mol. The molecular weight excluding hydrogens is 313 g/mol. The van der Waals surface area contributed by atoms with Crippen LogP contribution in [0.15, 0.2) is 34.2 Å². The third-order valence-electron chi connectivity index (χ3n) is 2.62. The molecule has 0 aliphatic heterocycles. The van der Waals surface area contributed by atoms with Crippen molar-refractivity contribution in [2.24, 2.45) is 10.7 Å². The Kier molecular flexibility index (Phi) is 4.48. The maximum Gasteiger partial charge on any atom is 0.310 e.